The number of anilines is 2. The summed E-state index contributed by atoms with van der Waals surface area (Å²) in [5.41, 5.74) is 5.05. The van der Waals surface area contributed by atoms with Gasteiger partial charge < -0.3 is 24.6 Å². The molecule has 210 valence electrons. The lowest BCUT2D eigenvalue weighted by Gasteiger charge is -2.36. The maximum atomic E-state index is 14.2. The van der Waals surface area contributed by atoms with Crippen molar-refractivity contribution in [2.24, 2.45) is 5.92 Å². The maximum Gasteiger partial charge on any atom is 0.265 e. The Kier molecular flexibility index (Phi) is 9.14. The van der Waals surface area contributed by atoms with Crippen LogP contribution in [0.1, 0.15) is 37.7 Å². The molecule has 2 atom stereocenters. The Bertz CT molecular complexity index is 1310. The van der Waals surface area contributed by atoms with Crippen molar-refractivity contribution >= 4 is 23.2 Å². The fourth-order valence-electron chi connectivity index (χ4n) is 5.88. The zero-order chi connectivity index (χ0) is 27.9. The molecule has 2 amide bonds. The van der Waals surface area contributed by atoms with Gasteiger partial charge in [0.25, 0.3) is 5.91 Å². The summed E-state index contributed by atoms with van der Waals surface area (Å²) < 4.78 is 10.9. The van der Waals surface area contributed by atoms with E-state index in [0.717, 1.165) is 37.2 Å². The summed E-state index contributed by atoms with van der Waals surface area (Å²) in [4.78, 5) is 30.6. The Hall–Kier alpha value is -3.68. The number of nitrogens with one attached hydrogen (secondary N) is 1. The standard InChI is InChI=1S/C33H39N3O4/c1-3-35(27-14-15-31-30(21-27)36(32(37)23-40-31)18-7-8-19-39-2)33(38)29-22-34-17-16-28(29)26-13-9-12-25(20-26)24-10-5-4-6-11-24/h4-6,9-15,20-21,28-29,34H,3,7-8,16-19,22-23H2,1-2H3/t28-,29+/m1/s1. The monoisotopic (exact) mass is 541 g/mol. The first-order valence-electron chi connectivity index (χ1n) is 14.3. The largest absolute Gasteiger partial charge is 0.482 e. The lowest BCUT2D eigenvalue weighted by Crippen LogP contribution is -2.46. The molecule has 7 nitrogen and oxygen atoms in total. The second kappa shape index (κ2) is 13.1. The van der Waals surface area contributed by atoms with Gasteiger partial charge in [-0.25, -0.2) is 0 Å². The average molecular weight is 542 g/mol. The van der Waals surface area contributed by atoms with Crippen molar-refractivity contribution in [3.8, 4) is 16.9 Å². The van der Waals surface area contributed by atoms with Gasteiger partial charge in [-0.15, -0.1) is 0 Å². The molecular weight excluding hydrogens is 502 g/mol. The van der Waals surface area contributed by atoms with Crippen LogP contribution in [0.3, 0.4) is 0 Å². The number of carbonyl (C=O) groups is 2. The first-order valence-corrected chi connectivity index (χ1v) is 14.3. The molecule has 2 aliphatic heterocycles. The predicted molar refractivity (Wildman–Crippen MR) is 159 cm³/mol. The van der Waals surface area contributed by atoms with E-state index in [0.29, 0.717) is 32.0 Å². The van der Waals surface area contributed by atoms with Gasteiger partial charge in [0.05, 0.1) is 11.6 Å². The second-order valence-corrected chi connectivity index (χ2v) is 10.5. The summed E-state index contributed by atoms with van der Waals surface area (Å²) in [6, 6.07) is 24.7. The molecule has 3 aromatic rings. The number of hydrogen-bond donors (Lipinski definition) is 1. The first kappa shape index (κ1) is 27.9. The zero-order valence-electron chi connectivity index (χ0n) is 23.5. The topological polar surface area (TPSA) is 71.1 Å². The van der Waals surface area contributed by atoms with Crippen LogP contribution in [0.2, 0.25) is 0 Å². The van der Waals surface area contributed by atoms with Crippen LogP contribution in [0.15, 0.2) is 72.8 Å². The molecule has 0 unspecified atom stereocenters. The number of piperidine rings is 1. The van der Waals surface area contributed by atoms with Crippen molar-refractivity contribution in [1.29, 1.82) is 0 Å². The Morgan fingerprint density at radius 3 is 2.67 bits per heavy atom. The summed E-state index contributed by atoms with van der Waals surface area (Å²) in [5, 5.41) is 3.46. The molecule has 2 aliphatic rings. The molecule has 0 spiro atoms. The van der Waals surface area contributed by atoms with E-state index in [4.69, 9.17) is 9.47 Å². The normalized spacial score (nSPS) is 18.6. The third-order valence-electron chi connectivity index (χ3n) is 7.98. The number of hydrogen-bond acceptors (Lipinski definition) is 5. The SMILES string of the molecule is CCN(C(=O)[C@H]1CNCC[C@@H]1c1cccc(-c2ccccc2)c1)c1ccc2c(c1)N(CCCCOC)C(=O)CO2. The van der Waals surface area contributed by atoms with Crippen LogP contribution in [-0.4, -0.2) is 58.3 Å². The lowest BCUT2D eigenvalue weighted by molar-refractivity contribution is -0.123. The van der Waals surface area contributed by atoms with Crippen molar-refractivity contribution in [1.82, 2.24) is 5.32 Å². The summed E-state index contributed by atoms with van der Waals surface area (Å²) in [6.07, 6.45) is 2.60. The van der Waals surface area contributed by atoms with Gasteiger partial charge in [0.2, 0.25) is 5.91 Å². The number of amides is 2. The van der Waals surface area contributed by atoms with Crippen LogP contribution in [0, 0.1) is 5.92 Å². The minimum atomic E-state index is -0.196. The molecule has 0 radical (unpaired) electrons. The molecular formula is C33H39N3O4. The fourth-order valence-corrected chi connectivity index (χ4v) is 5.88. The van der Waals surface area contributed by atoms with E-state index >= 15 is 0 Å². The molecule has 40 heavy (non-hydrogen) atoms. The van der Waals surface area contributed by atoms with Crippen molar-refractivity contribution in [3.05, 3.63) is 78.4 Å². The number of rotatable bonds is 10. The van der Waals surface area contributed by atoms with Gasteiger partial charge in [-0.3, -0.25) is 9.59 Å². The molecule has 0 saturated carbocycles. The molecule has 7 heteroatoms. The Morgan fingerprint density at radius 1 is 1.05 bits per heavy atom. The molecule has 1 fully saturated rings. The van der Waals surface area contributed by atoms with Crippen LogP contribution < -0.4 is 19.9 Å². The predicted octanol–water partition coefficient (Wildman–Crippen LogP) is 5.25. The van der Waals surface area contributed by atoms with Crippen LogP contribution in [0.5, 0.6) is 5.75 Å². The average Bonchev–Trinajstić information content (AvgIpc) is 3.01. The van der Waals surface area contributed by atoms with Crippen molar-refractivity contribution in [2.45, 2.75) is 32.1 Å². The fraction of sp³-hybridized carbons (Fsp3) is 0.394. The number of ether oxygens (including phenoxy) is 2. The highest BCUT2D eigenvalue weighted by atomic mass is 16.5. The van der Waals surface area contributed by atoms with Gasteiger partial charge in [-0.2, -0.15) is 0 Å². The molecule has 5 rings (SSSR count). The molecule has 0 aliphatic carbocycles. The zero-order valence-corrected chi connectivity index (χ0v) is 23.5. The van der Waals surface area contributed by atoms with Gasteiger partial charge >= 0.3 is 0 Å². The van der Waals surface area contributed by atoms with Crippen LogP contribution in [0.25, 0.3) is 11.1 Å². The summed E-state index contributed by atoms with van der Waals surface area (Å²) >= 11 is 0. The van der Waals surface area contributed by atoms with E-state index < -0.39 is 0 Å². The summed E-state index contributed by atoms with van der Waals surface area (Å²) in [6.45, 7) is 5.34. The molecule has 1 N–H and O–H groups in total. The number of nitrogens with zero attached hydrogens (tertiary/aromatic N) is 2. The molecule has 3 aromatic carbocycles. The van der Waals surface area contributed by atoms with Gasteiger partial charge in [0.1, 0.15) is 5.75 Å². The van der Waals surface area contributed by atoms with Gasteiger partial charge in [0.15, 0.2) is 6.61 Å². The highest BCUT2D eigenvalue weighted by Gasteiger charge is 2.35. The minimum Gasteiger partial charge on any atom is -0.482 e. The highest BCUT2D eigenvalue weighted by Crippen LogP contribution is 2.38. The number of methoxy groups -OCH3 is 1. The number of benzene rings is 3. The van der Waals surface area contributed by atoms with Gasteiger partial charge in [-0.1, -0.05) is 54.6 Å². The van der Waals surface area contributed by atoms with E-state index in [1.807, 2.05) is 36.1 Å². The molecule has 0 aromatic heterocycles. The van der Waals surface area contributed by atoms with Crippen molar-refractivity contribution < 1.29 is 19.1 Å². The van der Waals surface area contributed by atoms with Crippen molar-refractivity contribution in [2.75, 3.05) is 56.3 Å². The van der Waals surface area contributed by atoms with Crippen molar-refractivity contribution in [3.63, 3.8) is 0 Å². The van der Waals surface area contributed by atoms with E-state index in [1.54, 1.807) is 12.0 Å². The van der Waals surface area contributed by atoms with Crippen LogP contribution >= 0.6 is 0 Å². The van der Waals surface area contributed by atoms with E-state index in [9.17, 15) is 9.59 Å². The Morgan fingerprint density at radius 2 is 1.88 bits per heavy atom. The molecule has 2 heterocycles. The molecule has 1 saturated heterocycles. The third kappa shape index (κ3) is 6.06. The number of unbranched alkanes of at least 4 members (excludes halogenated alkanes) is 1. The minimum absolute atomic E-state index is 0.0323. The smallest absolute Gasteiger partial charge is 0.265 e. The summed E-state index contributed by atoms with van der Waals surface area (Å²) in [5.74, 6) is 0.629. The lowest BCUT2D eigenvalue weighted by atomic mass is 9.79. The highest BCUT2D eigenvalue weighted by molar-refractivity contribution is 6.00. The molecule has 0 bridgehead atoms. The quantitative estimate of drug-likeness (QED) is 0.355. The van der Waals surface area contributed by atoms with E-state index in [2.05, 4.69) is 53.8 Å². The van der Waals surface area contributed by atoms with Crippen LogP contribution in [0.4, 0.5) is 11.4 Å². The Labute approximate surface area is 237 Å². The van der Waals surface area contributed by atoms with Gasteiger partial charge in [0, 0.05) is 39.0 Å². The van der Waals surface area contributed by atoms with E-state index in [-0.39, 0.29) is 30.3 Å². The first-order chi connectivity index (χ1) is 19.6. The summed E-state index contributed by atoms with van der Waals surface area (Å²) in [7, 11) is 1.68. The third-order valence-corrected chi connectivity index (χ3v) is 7.98. The number of fused-ring (bicyclic) bond motifs is 1. The van der Waals surface area contributed by atoms with Gasteiger partial charge in [-0.05, 0) is 73.5 Å². The maximum absolute atomic E-state index is 14.2. The Balaban J connectivity index is 1.40. The van der Waals surface area contributed by atoms with E-state index in [1.165, 1.54) is 16.7 Å². The van der Waals surface area contributed by atoms with Crippen LogP contribution in [-0.2, 0) is 14.3 Å². The number of carbonyl (C=O) groups excluding carboxylic acids is 2. The second-order valence-electron chi connectivity index (χ2n) is 10.5.